The first-order valence-electron chi connectivity index (χ1n) is 15.7. The fraction of sp³-hybridized carbons (Fsp3) is 0.316. The van der Waals surface area contributed by atoms with Crippen LogP contribution in [0.25, 0.3) is 61.9 Å². The van der Waals surface area contributed by atoms with Gasteiger partial charge in [-0.2, -0.15) is 0 Å². The largest absolute Gasteiger partial charge is 0.494 e. The van der Waals surface area contributed by atoms with E-state index < -0.39 is 0 Å². The lowest BCUT2D eigenvalue weighted by Crippen LogP contribution is -1.96. The first-order chi connectivity index (χ1) is 20.7. The summed E-state index contributed by atoms with van der Waals surface area (Å²) < 4.78 is 17.6. The smallest absolute Gasteiger partial charge is 0.119 e. The molecule has 0 bridgehead atoms. The summed E-state index contributed by atoms with van der Waals surface area (Å²) in [5.41, 5.74) is 0. The van der Waals surface area contributed by atoms with Gasteiger partial charge in [-0.3, -0.25) is 0 Å². The second kappa shape index (κ2) is 12.1. The minimum absolute atomic E-state index is 0.796. The van der Waals surface area contributed by atoms with Gasteiger partial charge in [-0.15, -0.1) is 22.7 Å². The normalized spacial score (nSPS) is 12.0. The molecule has 42 heavy (non-hydrogen) atoms. The molecule has 7 rings (SSSR count). The van der Waals surface area contributed by atoms with Crippen molar-refractivity contribution in [2.24, 2.45) is 0 Å². The van der Waals surface area contributed by atoms with Crippen molar-refractivity contribution in [1.29, 1.82) is 0 Å². The van der Waals surface area contributed by atoms with Gasteiger partial charge in [0.1, 0.15) is 11.5 Å². The molecule has 0 saturated carbocycles. The van der Waals surface area contributed by atoms with Crippen LogP contribution in [-0.4, -0.2) is 13.2 Å². The van der Waals surface area contributed by atoms with E-state index in [0.29, 0.717) is 0 Å². The molecular formula is C38H38O2S2. The van der Waals surface area contributed by atoms with Crippen molar-refractivity contribution < 1.29 is 9.47 Å². The van der Waals surface area contributed by atoms with Gasteiger partial charge >= 0.3 is 0 Å². The summed E-state index contributed by atoms with van der Waals surface area (Å²) in [7, 11) is 0. The second-order valence-corrected chi connectivity index (χ2v) is 13.6. The molecule has 0 aliphatic heterocycles. The van der Waals surface area contributed by atoms with Crippen LogP contribution in [-0.2, 0) is 0 Å². The quantitative estimate of drug-likeness (QED) is 0.132. The molecule has 0 radical (unpaired) electrons. The number of hydrogen-bond acceptors (Lipinski definition) is 4. The first-order valence-corrected chi connectivity index (χ1v) is 17.3. The van der Waals surface area contributed by atoms with Crippen molar-refractivity contribution in [3.05, 3.63) is 72.8 Å². The number of unbranched alkanes of at least 4 members (excludes halogenated alkanes) is 6. The highest BCUT2D eigenvalue weighted by atomic mass is 32.1. The maximum atomic E-state index is 6.08. The Morgan fingerprint density at radius 3 is 1.36 bits per heavy atom. The zero-order chi connectivity index (χ0) is 28.5. The summed E-state index contributed by atoms with van der Waals surface area (Å²) >= 11 is 3.83. The van der Waals surface area contributed by atoms with Gasteiger partial charge < -0.3 is 9.47 Å². The zero-order valence-corrected chi connectivity index (χ0v) is 26.3. The summed E-state index contributed by atoms with van der Waals surface area (Å²) in [4.78, 5) is 0. The maximum Gasteiger partial charge on any atom is 0.119 e. The average molecular weight is 591 g/mol. The highest BCUT2D eigenvalue weighted by molar-refractivity contribution is 7.28. The molecule has 2 nitrogen and oxygen atoms in total. The van der Waals surface area contributed by atoms with Crippen LogP contribution in [0.3, 0.4) is 0 Å². The maximum absolute atomic E-state index is 6.08. The van der Waals surface area contributed by atoms with E-state index in [1.165, 1.54) is 100 Å². The third-order valence-corrected chi connectivity index (χ3v) is 10.9. The Balaban J connectivity index is 1.21. The predicted octanol–water partition coefficient (Wildman–Crippen LogP) is 12.6. The molecule has 0 atom stereocenters. The number of benzene rings is 5. The SMILES string of the molecule is CCCCCCOc1ccc2c(ccc3c4cc5sc6c7ccc(OCCCCCC)cc7ccc6c5cc4sc23)c1. The molecule has 7 aromatic rings. The summed E-state index contributed by atoms with van der Waals surface area (Å²) in [6.45, 7) is 6.08. The summed E-state index contributed by atoms with van der Waals surface area (Å²) in [6.07, 6.45) is 9.80. The third-order valence-electron chi connectivity index (χ3n) is 8.50. The molecule has 5 aromatic carbocycles. The van der Waals surface area contributed by atoms with Gasteiger partial charge in [-0.05, 0) is 82.9 Å². The van der Waals surface area contributed by atoms with Crippen LogP contribution in [0.15, 0.2) is 72.8 Å². The molecule has 0 aliphatic carbocycles. The lowest BCUT2D eigenvalue weighted by molar-refractivity contribution is 0.305. The number of thiophene rings is 2. The molecule has 0 unspecified atom stereocenters. The summed E-state index contributed by atoms with van der Waals surface area (Å²) in [5, 5.41) is 10.5. The van der Waals surface area contributed by atoms with Crippen molar-refractivity contribution in [3.63, 3.8) is 0 Å². The minimum Gasteiger partial charge on any atom is -0.494 e. The Kier molecular flexibility index (Phi) is 7.92. The Labute approximate surface area is 255 Å². The van der Waals surface area contributed by atoms with E-state index >= 15 is 0 Å². The Bertz CT molecular complexity index is 1880. The molecule has 214 valence electrons. The van der Waals surface area contributed by atoms with E-state index in [-0.39, 0.29) is 0 Å². The zero-order valence-electron chi connectivity index (χ0n) is 24.6. The van der Waals surface area contributed by atoms with E-state index in [1.54, 1.807) is 0 Å². The van der Waals surface area contributed by atoms with E-state index in [0.717, 1.165) is 37.6 Å². The number of rotatable bonds is 12. The molecule has 2 aromatic heterocycles. The lowest BCUT2D eigenvalue weighted by Gasteiger charge is -2.07. The van der Waals surface area contributed by atoms with Crippen molar-refractivity contribution in [3.8, 4) is 11.5 Å². The molecular weight excluding hydrogens is 553 g/mol. The molecule has 4 heteroatoms. The van der Waals surface area contributed by atoms with Gasteiger partial charge in [0.25, 0.3) is 0 Å². The van der Waals surface area contributed by atoms with Gasteiger partial charge in [0, 0.05) is 40.3 Å². The Hall–Kier alpha value is -3.34. The van der Waals surface area contributed by atoms with E-state index in [9.17, 15) is 0 Å². The number of hydrogen-bond donors (Lipinski definition) is 0. The second-order valence-electron chi connectivity index (χ2n) is 11.5. The van der Waals surface area contributed by atoms with Gasteiger partial charge in [0.15, 0.2) is 0 Å². The van der Waals surface area contributed by atoms with Crippen LogP contribution in [0.2, 0.25) is 0 Å². The van der Waals surface area contributed by atoms with Gasteiger partial charge in [0.05, 0.1) is 13.2 Å². The lowest BCUT2D eigenvalue weighted by atomic mass is 10.0. The monoisotopic (exact) mass is 590 g/mol. The van der Waals surface area contributed by atoms with Crippen molar-refractivity contribution in [2.45, 2.75) is 65.2 Å². The molecule has 0 N–H and O–H groups in total. The molecule has 0 fully saturated rings. The molecule has 0 saturated heterocycles. The molecule has 0 amide bonds. The van der Waals surface area contributed by atoms with Crippen LogP contribution in [0, 0.1) is 0 Å². The fourth-order valence-electron chi connectivity index (χ4n) is 6.19. The Morgan fingerprint density at radius 1 is 0.452 bits per heavy atom. The van der Waals surface area contributed by atoms with Crippen LogP contribution in [0.4, 0.5) is 0 Å². The molecule has 0 spiro atoms. The van der Waals surface area contributed by atoms with Crippen molar-refractivity contribution in [2.75, 3.05) is 13.2 Å². The Morgan fingerprint density at radius 2 is 0.905 bits per heavy atom. The summed E-state index contributed by atoms with van der Waals surface area (Å²) in [5.74, 6) is 1.95. The van der Waals surface area contributed by atoms with E-state index in [2.05, 4.69) is 86.6 Å². The number of ether oxygens (including phenoxy) is 2. The summed E-state index contributed by atoms with van der Waals surface area (Å²) in [6, 6.07) is 27.2. The van der Waals surface area contributed by atoms with Crippen LogP contribution >= 0.6 is 22.7 Å². The van der Waals surface area contributed by atoms with Crippen LogP contribution in [0.1, 0.15) is 65.2 Å². The van der Waals surface area contributed by atoms with E-state index in [1.807, 2.05) is 22.7 Å². The van der Waals surface area contributed by atoms with Gasteiger partial charge in [0.2, 0.25) is 0 Å². The van der Waals surface area contributed by atoms with E-state index in [4.69, 9.17) is 9.47 Å². The predicted molar refractivity (Wildman–Crippen MR) is 187 cm³/mol. The standard InChI is InChI=1S/C38H38O2S2/c1-3-5-7-9-19-39-27-13-17-29-25(21-27)11-15-31-33-23-36-34(24-35(33)41-37(29)31)32-16-12-26-22-28(40-20-10-8-6-4-2)14-18-30(26)38(32)42-36/h11-18,21-24H,3-10,19-20H2,1-2H3. The minimum atomic E-state index is 0.796. The van der Waals surface area contributed by atoms with Crippen LogP contribution < -0.4 is 9.47 Å². The molecule has 0 aliphatic rings. The van der Waals surface area contributed by atoms with Crippen molar-refractivity contribution >= 4 is 84.6 Å². The first kappa shape index (κ1) is 27.5. The number of fused-ring (bicyclic) bond motifs is 10. The topological polar surface area (TPSA) is 18.5 Å². The average Bonchev–Trinajstić information content (AvgIpc) is 3.57. The highest BCUT2D eigenvalue weighted by Crippen LogP contribution is 2.45. The van der Waals surface area contributed by atoms with Gasteiger partial charge in [-0.25, -0.2) is 0 Å². The molecule has 2 heterocycles. The highest BCUT2D eigenvalue weighted by Gasteiger charge is 2.14. The van der Waals surface area contributed by atoms with Crippen LogP contribution in [0.5, 0.6) is 11.5 Å². The fourth-order valence-corrected chi connectivity index (χ4v) is 8.71. The van der Waals surface area contributed by atoms with Crippen molar-refractivity contribution in [1.82, 2.24) is 0 Å². The third kappa shape index (κ3) is 5.20. The van der Waals surface area contributed by atoms with Gasteiger partial charge in [-0.1, -0.05) is 76.6 Å².